The zero-order valence-corrected chi connectivity index (χ0v) is 16.0. The zero-order chi connectivity index (χ0) is 18.4. The third kappa shape index (κ3) is 5.16. The summed E-state index contributed by atoms with van der Waals surface area (Å²) in [6.45, 7) is 6.50. The number of nitrogens with zero attached hydrogens (tertiary/aromatic N) is 4. The number of rotatable bonds is 7. The summed E-state index contributed by atoms with van der Waals surface area (Å²) >= 11 is 5.35. The average molecular weight is 369 g/mol. The van der Waals surface area contributed by atoms with Crippen LogP contribution < -0.4 is 10.6 Å². The van der Waals surface area contributed by atoms with Gasteiger partial charge in [0.2, 0.25) is 0 Å². The number of nitrogens with one attached hydrogen (secondary N) is 2. The third-order valence-corrected chi connectivity index (χ3v) is 4.26. The molecule has 136 valence electrons. The van der Waals surface area contributed by atoms with E-state index in [2.05, 4.69) is 46.0 Å². The molecular formula is C19H24N6S. The molecule has 2 aromatic heterocycles. The molecule has 0 amide bonds. The Morgan fingerprint density at radius 2 is 2.00 bits per heavy atom. The van der Waals surface area contributed by atoms with Crippen molar-refractivity contribution in [2.24, 2.45) is 0 Å². The number of anilines is 1. The summed E-state index contributed by atoms with van der Waals surface area (Å²) in [5, 5.41) is 15.8. The fourth-order valence-electron chi connectivity index (χ4n) is 2.79. The minimum atomic E-state index is 0.609. The number of benzene rings is 1. The lowest BCUT2D eigenvalue weighted by Gasteiger charge is -2.09. The highest BCUT2D eigenvalue weighted by Crippen LogP contribution is 2.08. The van der Waals surface area contributed by atoms with Crippen LogP contribution in [-0.2, 0) is 13.1 Å². The van der Waals surface area contributed by atoms with E-state index in [-0.39, 0.29) is 0 Å². The highest BCUT2D eigenvalue weighted by Gasteiger charge is 2.03. The van der Waals surface area contributed by atoms with Crippen molar-refractivity contribution in [3.8, 4) is 0 Å². The van der Waals surface area contributed by atoms with E-state index in [1.54, 1.807) is 6.20 Å². The van der Waals surface area contributed by atoms with Crippen LogP contribution in [0.1, 0.15) is 23.4 Å². The predicted molar refractivity (Wildman–Crippen MR) is 108 cm³/mol. The molecule has 3 rings (SSSR count). The maximum absolute atomic E-state index is 5.35. The van der Waals surface area contributed by atoms with Gasteiger partial charge in [-0.3, -0.25) is 9.36 Å². The van der Waals surface area contributed by atoms with Gasteiger partial charge in [-0.1, -0.05) is 30.3 Å². The Kier molecular flexibility index (Phi) is 6.01. The summed E-state index contributed by atoms with van der Waals surface area (Å²) in [5.74, 6) is 0. The summed E-state index contributed by atoms with van der Waals surface area (Å²) in [4.78, 5) is 0. The Morgan fingerprint density at radius 3 is 2.73 bits per heavy atom. The third-order valence-electron chi connectivity index (χ3n) is 4.01. The molecule has 0 radical (unpaired) electrons. The first-order valence-electron chi connectivity index (χ1n) is 8.72. The minimum Gasteiger partial charge on any atom is -0.362 e. The maximum Gasteiger partial charge on any atom is 0.170 e. The lowest BCUT2D eigenvalue weighted by molar-refractivity contribution is 0.558. The highest BCUT2D eigenvalue weighted by molar-refractivity contribution is 7.80. The summed E-state index contributed by atoms with van der Waals surface area (Å²) in [7, 11) is 0. The quantitative estimate of drug-likeness (QED) is 0.496. The summed E-state index contributed by atoms with van der Waals surface area (Å²) in [6, 6.07) is 12.3. The molecule has 0 aliphatic heterocycles. The van der Waals surface area contributed by atoms with Crippen LogP contribution >= 0.6 is 12.2 Å². The molecule has 26 heavy (non-hydrogen) atoms. The molecule has 0 aliphatic rings. The number of hydrogen-bond donors (Lipinski definition) is 2. The van der Waals surface area contributed by atoms with Crippen LogP contribution in [0.15, 0.2) is 48.8 Å². The van der Waals surface area contributed by atoms with Gasteiger partial charge < -0.3 is 10.6 Å². The molecule has 0 fully saturated rings. The summed E-state index contributed by atoms with van der Waals surface area (Å²) in [6.07, 6.45) is 4.70. The van der Waals surface area contributed by atoms with Crippen LogP contribution in [0.3, 0.4) is 0 Å². The molecule has 0 spiro atoms. The van der Waals surface area contributed by atoms with Crippen molar-refractivity contribution in [1.82, 2.24) is 24.9 Å². The van der Waals surface area contributed by atoms with E-state index in [1.165, 1.54) is 11.3 Å². The molecule has 0 saturated carbocycles. The van der Waals surface area contributed by atoms with Gasteiger partial charge in [0.1, 0.15) is 0 Å². The Balaban J connectivity index is 1.40. The smallest absolute Gasteiger partial charge is 0.170 e. The summed E-state index contributed by atoms with van der Waals surface area (Å²) in [5.41, 5.74) is 4.35. The molecular weight excluding hydrogens is 344 g/mol. The van der Waals surface area contributed by atoms with E-state index in [9.17, 15) is 0 Å². The molecule has 0 aliphatic carbocycles. The van der Waals surface area contributed by atoms with E-state index >= 15 is 0 Å². The number of aryl methyl sites for hydroxylation is 3. The lowest BCUT2D eigenvalue weighted by Crippen LogP contribution is -2.29. The minimum absolute atomic E-state index is 0.609. The number of hydrogen-bond acceptors (Lipinski definition) is 3. The van der Waals surface area contributed by atoms with Crippen LogP contribution in [0.25, 0.3) is 0 Å². The second kappa shape index (κ2) is 8.62. The molecule has 0 unspecified atom stereocenters. The van der Waals surface area contributed by atoms with Crippen molar-refractivity contribution in [1.29, 1.82) is 0 Å². The molecule has 6 nitrogen and oxygen atoms in total. The normalized spacial score (nSPS) is 10.7. The summed E-state index contributed by atoms with van der Waals surface area (Å²) < 4.78 is 3.92. The maximum atomic E-state index is 5.35. The lowest BCUT2D eigenvalue weighted by atomic mass is 10.2. The number of aromatic nitrogens is 4. The van der Waals surface area contributed by atoms with Gasteiger partial charge in [-0.2, -0.15) is 10.2 Å². The van der Waals surface area contributed by atoms with Crippen LogP contribution in [0.5, 0.6) is 0 Å². The number of thiocarbonyl (C=S) groups is 1. The monoisotopic (exact) mass is 368 g/mol. The Hall–Kier alpha value is -2.67. The first-order chi connectivity index (χ1) is 12.6. The zero-order valence-electron chi connectivity index (χ0n) is 15.1. The fraction of sp³-hybridized carbons (Fsp3) is 0.316. The molecule has 1 aromatic carbocycles. The standard InChI is InChI=1S/C19H24N6S/c1-15-11-16(2)25(23-15)10-6-9-20-19(26)22-18-12-21-24(14-18)13-17-7-4-3-5-8-17/h3-5,7-8,11-12,14H,6,9-10,13H2,1-2H3,(H2,20,22,26). The molecule has 2 heterocycles. The van der Waals surface area contributed by atoms with Gasteiger partial charge in [0.25, 0.3) is 0 Å². The van der Waals surface area contributed by atoms with Gasteiger partial charge in [-0.25, -0.2) is 0 Å². The van der Waals surface area contributed by atoms with Crippen molar-refractivity contribution in [2.45, 2.75) is 33.4 Å². The first-order valence-corrected chi connectivity index (χ1v) is 9.13. The molecule has 0 atom stereocenters. The topological polar surface area (TPSA) is 59.7 Å². The largest absolute Gasteiger partial charge is 0.362 e. The van der Waals surface area contributed by atoms with E-state index in [0.29, 0.717) is 5.11 Å². The van der Waals surface area contributed by atoms with Crippen molar-refractivity contribution in [3.05, 3.63) is 65.7 Å². The predicted octanol–water partition coefficient (Wildman–Crippen LogP) is 3.12. The second-order valence-electron chi connectivity index (χ2n) is 6.30. The average Bonchev–Trinajstić information content (AvgIpc) is 3.18. The van der Waals surface area contributed by atoms with Crippen molar-refractivity contribution >= 4 is 23.0 Å². The molecule has 3 aromatic rings. The Morgan fingerprint density at radius 1 is 1.19 bits per heavy atom. The molecule has 7 heteroatoms. The SMILES string of the molecule is Cc1cc(C)n(CCCNC(=S)Nc2cnn(Cc3ccccc3)c2)n1. The van der Waals surface area contributed by atoms with Gasteiger partial charge in [0, 0.05) is 25.0 Å². The second-order valence-corrected chi connectivity index (χ2v) is 6.71. The van der Waals surface area contributed by atoms with Crippen LogP contribution in [0.2, 0.25) is 0 Å². The molecule has 2 N–H and O–H groups in total. The van der Waals surface area contributed by atoms with Gasteiger partial charge in [-0.05, 0) is 44.1 Å². The van der Waals surface area contributed by atoms with Crippen molar-refractivity contribution in [2.75, 3.05) is 11.9 Å². The van der Waals surface area contributed by atoms with Crippen LogP contribution in [0.4, 0.5) is 5.69 Å². The van der Waals surface area contributed by atoms with Crippen molar-refractivity contribution in [3.63, 3.8) is 0 Å². The van der Waals surface area contributed by atoms with Gasteiger partial charge in [0.15, 0.2) is 5.11 Å². The van der Waals surface area contributed by atoms with Gasteiger partial charge in [0.05, 0.1) is 24.1 Å². The molecule has 0 saturated heterocycles. The van der Waals surface area contributed by atoms with E-state index < -0.39 is 0 Å². The molecule has 0 bridgehead atoms. The fourth-order valence-corrected chi connectivity index (χ4v) is 3.01. The Bertz CT molecular complexity index is 852. The van der Waals surface area contributed by atoms with Crippen LogP contribution in [-0.4, -0.2) is 31.2 Å². The van der Waals surface area contributed by atoms with E-state index in [0.717, 1.165) is 37.4 Å². The highest BCUT2D eigenvalue weighted by atomic mass is 32.1. The van der Waals surface area contributed by atoms with E-state index in [4.69, 9.17) is 12.2 Å². The van der Waals surface area contributed by atoms with Gasteiger partial charge >= 0.3 is 0 Å². The van der Waals surface area contributed by atoms with Gasteiger partial charge in [-0.15, -0.1) is 0 Å². The first kappa shape index (κ1) is 18.1. The van der Waals surface area contributed by atoms with Crippen molar-refractivity contribution < 1.29 is 0 Å². The Labute approximate surface area is 159 Å². The van der Waals surface area contributed by atoms with E-state index in [1.807, 2.05) is 40.7 Å². The van der Waals surface area contributed by atoms with Crippen LogP contribution in [0, 0.1) is 13.8 Å².